The number of hydrogen-bond donors (Lipinski definition) is 1. The molecule has 0 heterocycles. The lowest BCUT2D eigenvalue weighted by atomic mass is 10.3. The molecule has 0 aromatic rings. The molecule has 0 aromatic carbocycles. The number of rotatable bonds is 19. The van der Waals surface area contributed by atoms with Crippen molar-refractivity contribution >= 4 is 32.0 Å². The standard InChI is InChI=1S/C21H40N3O11P/c1-5-12-31-18(25)17-24(4)19(22)23-36(28,34-15-10-8-13-32-20(26)29-6-2)35-16-11-9-14-33-21(27)30-7-3/h5-17H2,1-4H3,(H2,22,23,28). The number of nitrogens with two attached hydrogens (primary N) is 1. The van der Waals surface area contributed by atoms with Crippen LogP contribution in [-0.4, -0.2) is 89.0 Å². The van der Waals surface area contributed by atoms with Crippen LogP contribution in [0.2, 0.25) is 0 Å². The normalized spacial score (nSPS) is 11.5. The van der Waals surface area contributed by atoms with Gasteiger partial charge in [-0.2, -0.15) is 0 Å². The fourth-order valence-electron chi connectivity index (χ4n) is 2.23. The van der Waals surface area contributed by atoms with Crippen molar-refractivity contribution in [2.75, 3.05) is 59.8 Å². The second-order valence-electron chi connectivity index (χ2n) is 7.15. The smallest absolute Gasteiger partial charge is 0.464 e. The van der Waals surface area contributed by atoms with Gasteiger partial charge in [-0.25, -0.2) is 14.2 Å². The zero-order valence-corrected chi connectivity index (χ0v) is 22.5. The number of likely N-dealkylation sites (N-methyl/N-ethyl adjacent to an activating group) is 1. The highest BCUT2D eigenvalue weighted by atomic mass is 31.2. The van der Waals surface area contributed by atoms with Crippen molar-refractivity contribution in [2.24, 2.45) is 10.5 Å². The Hall–Kier alpha value is -2.57. The Labute approximate surface area is 212 Å². The molecule has 36 heavy (non-hydrogen) atoms. The van der Waals surface area contributed by atoms with Crippen molar-refractivity contribution in [2.45, 2.75) is 52.9 Å². The molecule has 14 nitrogen and oxygen atoms in total. The van der Waals surface area contributed by atoms with Gasteiger partial charge in [-0.05, 0) is 46.0 Å². The molecule has 0 radical (unpaired) electrons. The van der Waals surface area contributed by atoms with Crippen molar-refractivity contribution in [3.63, 3.8) is 0 Å². The predicted molar refractivity (Wildman–Crippen MR) is 129 cm³/mol. The lowest BCUT2D eigenvalue weighted by Gasteiger charge is -2.20. The first-order chi connectivity index (χ1) is 17.2. The summed E-state index contributed by atoms with van der Waals surface area (Å²) in [7, 11) is -2.56. The highest BCUT2D eigenvalue weighted by Crippen LogP contribution is 2.50. The number of nitrogens with zero attached hydrogens (tertiary/aromatic N) is 2. The van der Waals surface area contributed by atoms with E-state index in [0.29, 0.717) is 32.1 Å². The van der Waals surface area contributed by atoms with E-state index in [2.05, 4.69) is 14.2 Å². The van der Waals surface area contributed by atoms with Gasteiger partial charge >= 0.3 is 26.0 Å². The quantitative estimate of drug-likeness (QED) is 0.0630. The number of carbonyl (C=O) groups is 3. The maximum atomic E-state index is 13.2. The third kappa shape index (κ3) is 17.8. The molecule has 0 saturated heterocycles. The van der Waals surface area contributed by atoms with Crippen LogP contribution in [-0.2, 0) is 42.1 Å². The monoisotopic (exact) mass is 541 g/mol. The largest absolute Gasteiger partial charge is 0.508 e. The zero-order valence-electron chi connectivity index (χ0n) is 21.6. The topological polar surface area (TPSA) is 175 Å². The van der Waals surface area contributed by atoms with E-state index in [1.54, 1.807) is 13.8 Å². The molecule has 0 aliphatic rings. The van der Waals surface area contributed by atoms with E-state index in [4.69, 9.17) is 29.0 Å². The molecule has 0 aliphatic heterocycles. The minimum Gasteiger partial charge on any atom is -0.464 e. The summed E-state index contributed by atoms with van der Waals surface area (Å²) >= 11 is 0. The van der Waals surface area contributed by atoms with E-state index in [-0.39, 0.29) is 58.8 Å². The van der Waals surface area contributed by atoms with E-state index >= 15 is 0 Å². The van der Waals surface area contributed by atoms with Crippen molar-refractivity contribution in [3.8, 4) is 0 Å². The van der Waals surface area contributed by atoms with E-state index in [1.165, 1.54) is 11.9 Å². The highest BCUT2D eigenvalue weighted by molar-refractivity contribution is 7.52. The van der Waals surface area contributed by atoms with Crippen LogP contribution < -0.4 is 5.73 Å². The van der Waals surface area contributed by atoms with Crippen molar-refractivity contribution < 1.29 is 51.7 Å². The number of ether oxygens (including phenoxy) is 5. The maximum Gasteiger partial charge on any atom is 0.508 e. The molecule has 0 spiro atoms. The fourth-order valence-corrected chi connectivity index (χ4v) is 3.54. The zero-order chi connectivity index (χ0) is 27.2. The van der Waals surface area contributed by atoms with E-state index in [9.17, 15) is 18.9 Å². The minimum atomic E-state index is -4.05. The summed E-state index contributed by atoms with van der Waals surface area (Å²) in [6.07, 6.45) is 0.753. The molecule has 0 fully saturated rings. The molecule has 0 rings (SSSR count). The van der Waals surface area contributed by atoms with Gasteiger partial charge in [0.05, 0.1) is 46.2 Å². The van der Waals surface area contributed by atoms with Crippen LogP contribution in [0.1, 0.15) is 52.9 Å². The number of hydrogen-bond acceptors (Lipinski definition) is 11. The number of guanidine groups is 1. The van der Waals surface area contributed by atoms with Crippen LogP contribution in [0.5, 0.6) is 0 Å². The van der Waals surface area contributed by atoms with E-state index < -0.39 is 26.0 Å². The molecular weight excluding hydrogens is 501 g/mol. The number of esters is 1. The van der Waals surface area contributed by atoms with Gasteiger partial charge in [0.1, 0.15) is 6.54 Å². The highest BCUT2D eigenvalue weighted by Gasteiger charge is 2.26. The van der Waals surface area contributed by atoms with Crippen molar-refractivity contribution in [1.29, 1.82) is 0 Å². The molecular formula is C21H40N3O11P. The first kappa shape index (κ1) is 33.4. The molecule has 0 atom stereocenters. The van der Waals surface area contributed by atoms with Gasteiger partial charge < -0.3 is 34.3 Å². The Bertz CT molecular complexity index is 687. The second kappa shape index (κ2) is 20.6. The summed E-state index contributed by atoms with van der Waals surface area (Å²) in [5.74, 6) is -0.750. The Balaban J connectivity index is 4.82. The summed E-state index contributed by atoms with van der Waals surface area (Å²) in [5.41, 5.74) is 5.90. The van der Waals surface area contributed by atoms with Gasteiger partial charge in [0.15, 0.2) is 0 Å². The van der Waals surface area contributed by atoms with Gasteiger partial charge in [-0.15, -0.1) is 4.76 Å². The summed E-state index contributed by atoms with van der Waals surface area (Å²) in [6.45, 7) is 5.84. The van der Waals surface area contributed by atoms with Gasteiger partial charge in [-0.1, -0.05) is 6.92 Å². The molecule has 0 amide bonds. The fraction of sp³-hybridized carbons (Fsp3) is 0.810. The molecule has 0 unspecified atom stereocenters. The first-order valence-corrected chi connectivity index (χ1v) is 13.4. The minimum absolute atomic E-state index is 0.0194. The lowest BCUT2D eigenvalue weighted by molar-refractivity contribution is -0.143. The average Bonchev–Trinajstić information content (AvgIpc) is 2.82. The Morgan fingerprint density at radius 3 is 1.67 bits per heavy atom. The van der Waals surface area contributed by atoms with Crippen LogP contribution in [0.25, 0.3) is 0 Å². The van der Waals surface area contributed by atoms with Crippen LogP contribution in [0.4, 0.5) is 9.59 Å². The SMILES string of the molecule is CCCOC(=O)CN(C)C(N)=NP(=O)(OCCCCOC(=O)OCC)OCCCCOC(=O)OCC. The second-order valence-corrected chi connectivity index (χ2v) is 8.80. The molecule has 210 valence electrons. The predicted octanol–water partition coefficient (Wildman–Crippen LogP) is 3.23. The van der Waals surface area contributed by atoms with Crippen LogP contribution in [0.3, 0.4) is 0 Å². The summed E-state index contributed by atoms with van der Waals surface area (Å²) in [5, 5.41) is 0. The van der Waals surface area contributed by atoms with Crippen LogP contribution in [0.15, 0.2) is 4.76 Å². The van der Waals surface area contributed by atoms with Gasteiger partial charge in [0, 0.05) is 7.05 Å². The van der Waals surface area contributed by atoms with Crippen LogP contribution in [0, 0.1) is 0 Å². The molecule has 0 bridgehead atoms. The third-order valence-corrected chi connectivity index (χ3v) is 5.47. The summed E-state index contributed by atoms with van der Waals surface area (Å²) < 4.78 is 51.9. The number of unbranched alkanes of at least 4 members (excludes halogenated alkanes) is 2. The molecule has 15 heteroatoms. The Morgan fingerprint density at radius 1 is 0.750 bits per heavy atom. The number of carbonyl (C=O) groups excluding carboxylic acids is 3. The van der Waals surface area contributed by atoms with E-state index in [1.807, 2.05) is 6.92 Å². The Kier molecular flexibility index (Phi) is 19.1. The molecule has 0 aliphatic carbocycles. The van der Waals surface area contributed by atoms with Gasteiger partial charge in [0.25, 0.3) is 0 Å². The summed E-state index contributed by atoms with van der Waals surface area (Å²) in [6, 6.07) is 0. The molecule has 0 saturated carbocycles. The average molecular weight is 542 g/mol. The van der Waals surface area contributed by atoms with Crippen LogP contribution >= 0.6 is 7.75 Å². The third-order valence-electron chi connectivity index (χ3n) is 4.00. The van der Waals surface area contributed by atoms with E-state index in [0.717, 1.165) is 0 Å². The van der Waals surface area contributed by atoms with Crippen molar-refractivity contribution in [1.82, 2.24) is 4.90 Å². The summed E-state index contributed by atoms with van der Waals surface area (Å²) in [4.78, 5) is 35.4. The van der Waals surface area contributed by atoms with Gasteiger partial charge in [-0.3, -0.25) is 13.8 Å². The molecule has 2 N–H and O–H groups in total. The molecule has 0 aromatic heterocycles. The maximum absolute atomic E-state index is 13.2. The first-order valence-electron chi connectivity index (χ1n) is 11.9. The van der Waals surface area contributed by atoms with Crippen molar-refractivity contribution in [3.05, 3.63) is 0 Å². The lowest BCUT2D eigenvalue weighted by Crippen LogP contribution is -2.38. The Morgan fingerprint density at radius 2 is 1.22 bits per heavy atom. The van der Waals surface area contributed by atoms with Gasteiger partial charge in [0.2, 0.25) is 5.96 Å².